The highest BCUT2D eigenvalue weighted by molar-refractivity contribution is 5.92. The molecule has 1 aromatic carbocycles. The van der Waals surface area contributed by atoms with E-state index >= 15 is 0 Å². The minimum absolute atomic E-state index is 0.650. The van der Waals surface area contributed by atoms with Gasteiger partial charge >= 0.3 is 0 Å². The van der Waals surface area contributed by atoms with Gasteiger partial charge in [0.25, 0.3) is 0 Å². The van der Waals surface area contributed by atoms with Gasteiger partial charge in [0, 0.05) is 24.2 Å². The van der Waals surface area contributed by atoms with E-state index in [1.807, 2.05) is 18.2 Å². The number of rotatable bonds is 10. The molecule has 23 heavy (non-hydrogen) atoms. The Morgan fingerprint density at radius 1 is 1.13 bits per heavy atom. The molecule has 0 aliphatic heterocycles. The third-order valence-corrected chi connectivity index (χ3v) is 3.70. The van der Waals surface area contributed by atoms with E-state index in [0.717, 1.165) is 29.7 Å². The first-order chi connectivity index (χ1) is 11.2. The van der Waals surface area contributed by atoms with Crippen molar-refractivity contribution in [1.29, 1.82) is 0 Å². The van der Waals surface area contributed by atoms with Gasteiger partial charge in [0.2, 0.25) is 5.95 Å². The zero-order chi connectivity index (χ0) is 16.5. The van der Waals surface area contributed by atoms with Crippen molar-refractivity contribution in [2.75, 3.05) is 29.5 Å². The Morgan fingerprint density at radius 2 is 1.96 bits per heavy atom. The highest BCUT2D eigenvalue weighted by atomic mass is 15.1. The summed E-state index contributed by atoms with van der Waals surface area (Å²) in [6.45, 7) is 7.51. The maximum Gasteiger partial charge on any atom is 0.225 e. The molecule has 2 aromatic rings. The smallest absolute Gasteiger partial charge is 0.225 e. The first-order valence-corrected chi connectivity index (χ1v) is 8.40. The van der Waals surface area contributed by atoms with E-state index < -0.39 is 0 Å². The van der Waals surface area contributed by atoms with Crippen LogP contribution in [-0.4, -0.2) is 23.1 Å². The van der Waals surface area contributed by atoms with Crippen molar-refractivity contribution >= 4 is 28.4 Å². The van der Waals surface area contributed by atoms with Crippen molar-refractivity contribution in [2.24, 2.45) is 0 Å². The van der Waals surface area contributed by atoms with E-state index in [2.05, 4.69) is 34.1 Å². The maximum atomic E-state index is 5.88. The Labute approximate surface area is 138 Å². The lowest BCUT2D eigenvalue weighted by molar-refractivity contribution is 0.644. The normalized spacial score (nSPS) is 10.7. The molecule has 1 heterocycles. The van der Waals surface area contributed by atoms with Crippen LogP contribution in [0.5, 0.6) is 0 Å². The van der Waals surface area contributed by atoms with Gasteiger partial charge in [0.05, 0.1) is 5.52 Å². The van der Waals surface area contributed by atoms with Crippen molar-refractivity contribution in [3.05, 3.63) is 30.9 Å². The van der Waals surface area contributed by atoms with Gasteiger partial charge in [0.15, 0.2) is 0 Å². The molecule has 0 aliphatic carbocycles. The predicted octanol–water partition coefficient (Wildman–Crippen LogP) is 4.19. The molecule has 0 saturated carbocycles. The molecular weight excluding hydrogens is 286 g/mol. The molecule has 0 saturated heterocycles. The largest absolute Gasteiger partial charge is 0.399 e. The minimum atomic E-state index is 0.650. The molecule has 0 atom stereocenters. The molecule has 4 N–H and O–H groups in total. The summed E-state index contributed by atoms with van der Waals surface area (Å²) >= 11 is 0. The van der Waals surface area contributed by atoms with E-state index in [-0.39, 0.29) is 0 Å². The second kappa shape index (κ2) is 8.98. The second-order valence-electron chi connectivity index (χ2n) is 5.68. The van der Waals surface area contributed by atoms with Crippen molar-refractivity contribution < 1.29 is 0 Å². The van der Waals surface area contributed by atoms with Crippen molar-refractivity contribution in [1.82, 2.24) is 9.97 Å². The second-order valence-corrected chi connectivity index (χ2v) is 5.68. The van der Waals surface area contributed by atoms with Crippen molar-refractivity contribution in [3.8, 4) is 0 Å². The van der Waals surface area contributed by atoms with Crippen LogP contribution in [0.15, 0.2) is 30.9 Å². The topological polar surface area (TPSA) is 75.9 Å². The van der Waals surface area contributed by atoms with Crippen LogP contribution < -0.4 is 16.4 Å². The van der Waals surface area contributed by atoms with E-state index in [9.17, 15) is 0 Å². The number of nitrogens with two attached hydrogens (primary N) is 1. The van der Waals surface area contributed by atoms with E-state index in [0.29, 0.717) is 18.2 Å². The molecular formula is C18H27N5. The summed E-state index contributed by atoms with van der Waals surface area (Å²) in [5, 5.41) is 7.52. The minimum Gasteiger partial charge on any atom is -0.399 e. The number of fused-ring (bicyclic) bond motifs is 1. The van der Waals surface area contributed by atoms with Crippen molar-refractivity contribution in [3.63, 3.8) is 0 Å². The molecule has 0 aliphatic rings. The van der Waals surface area contributed by atoms with Crippen molar-refractivity contribution in [2.45, 2.75) is 39.0 Å². The van der Waals surface area contributed by atoms with Crippen LogP contribution in [0.4, 0.5) is 17.5 Å². The third-order valence-electron chi connectivity index (χ3n) is 3.70. The van der Waals surface area contributed by atoms with Crippen LogP contribution in [0.3, 0.4) is 0 Å². The monoisotopic (exact) mass is 313 g/mol. The zero-order valence-electron chi connectivity index (χ0n) is 13.9. The quantitative estimate of drug-likeness (QED) is 0.348. The number of nitrogens with one attached hydrogen (secondary N) is 2. The standard InChI is InChI=1S/C18H27N5/c1-3-5-6-7-8-12-21-18-22-16-10-9-14(19)13-15(16)17(23-18)20-11-4-2/h4,9-10,13H,2-3,5-8,11-12,19H2,1H3,(H2,20,21,22,23). The van der Waals surface area contributed by atoms with Crippen LogP contribution in [0, 0.1) is 0 Å². The molecule has 1 aromatic heterocycles. The van der Waals surface area contributed by atoms with Gasteiger partial charge in [0.1, 0.15) is 5.82 Å². The molecule has 0 radical (unpaired) electrons. The molecule has 0 amide bonds. The average Bonchev–Trinajstić information content (AvgIpc) is 2.56. The van der Waals surface area contributed by atoms with Gasteiger partial charge in [-0.3, -0.25) is 0 Å². The predicted molar refractivity (Wildman–Crippen MR) is 99.9 cm³/mol. The van der Waals surface area contributed by atoms with E-state index in [4.69, 9.17) is 5.73 Å². The summed E-state index contributed by atoms with van der Waals surface area (Å²) in [7, 11) is 0. The molecule has 5 heteroatoms. The van der Waals surface area contributed by atoms with Gasteiger partial charge in [-0.2, -0.15) is 4.98 Å². The maximum absolute atomic E-state index is 5.88. The number of anilines is 3. The Bertz CT molecular complexity index is 639. The lowest BCUT2D eigenvalue weighted by Gasteiger charge is -2.11. The fourth-order valence-corrected chi connectivity index (χ4v) is 2.46. The van der Waals surface area contributed by atoms with Crippen LogP contribution in [-0.2, 0) is 0 Å². The summed E-state index contributed by atoms with van der Waals surface area (Å²) in [5.41, 5.74) is 7.47. The Morgan fingerprint density at radius 3 is 2.74 bits per heavy atom. The van der Waals surface area contributed by atoms with Crippen LogP contribution >= 0.6 is 0 Å². The number of unbranched alkanes of at least 4 members (excludes halogenated alkanes) is 4. The summed E-state index contributed by atoms with van der Waals surface area (Å²) < 4.78 is 0. The molecule has 5 nitrogen and oxygen atoms in total. The summed E-state index contributed by atoms with van der Waals surface area (Å²) in [5.74, 6) is 1.44. The van der Waals surface area contributed by atoms with Crippen LogP contribution in [0.2, 0.25) is 0 Å². The lowest BCUT2D eigenvalue weighted by atomic mass is 10.1. The number of hydrogen-bond acceptors (Lipinski definition) is 5. The van der Waals surface area contributed by atoms with Crippen LogP contribution in [0.25, 0.3) is 10.9 Å². The summed E-state index contributed by atoms with van der Waals surface area (Å²) in [4.78, 5) is 9.15. The Kier molecular flexibility index (Phi) is 6.66. The molecule has 0 fully saturated rings. The van der Waals surface area contributed by atoms with Gasteiger partial charge in [-0.25, -0.2) is 4.98 Å². The fourth-order valence-electron chi connectivity index (χ4n) is 2.46. The number of nitrogens with zero attached hydrogens (tertiary/aromatic N) is 2. The zero-order valence-corrected chi connectivity index (χ0v) is 13.9. The third kappa shape index (κ3) is 5.13. The Balaban J connectivity index is 2.07. The number of aromatic nitrogens is 2. The summed E-state index contributed by atoms with van der Waals surface area (Å²) in [6.07, 6.45) is 8.06. The molecule has 0 spiro atoms. The van der Waals surface area contributed by atoms with Gasteiger partial charge in [-0.15, -0.1) is 6.58 Å². The van der Waals surface area contributed by atoms with Gasteiger partial charge in [-0.1, -0.05) is 38.7 Å². The highest BCUT2D eigenvalue weighted by Crippen LogP contribution is 2.24. The van der Waals surface area contributed by atoms with E-state index in [1.165, 1.54) is 25.7 Å². The van der Waals surface area contributed by atoms with Gasteiger partial charge in [-0.05, 0) is 24.6 Å². The average molecular weight is 313 g/mol. The number of hydrogen-bond donors (Lipinski definition) is 3. The lowest BCUT2D eigenvalue weighted by Crippen LogP contribution is -2.09. The first kappa shape index (κ1) is 17.1. The molecule has 2 rings (SSSR count). The van der Waals surface area contributed by atoms with Gasteiger partial charge < -0.3 is 16.4 Å². The molecule has 0 bridgehead atoms. The molecule has 124 valence electrons. The SMILES string of the molecule is C=CCNc1nc(NCCCCCCC)nc2ccc(N)cc12. The van der Waals surface area contributed by atoms with Crippen LogP contribution in [0.1, 0.15) is 39.0 Å². The number of benzene rings is 1. The molecule has 0 unspecified atom stereocenters. The summed E-state index contributed by atoms with van der Waals surface area (Å²) in [6, 6.07) is 5.69. The Hall–Kier alpha value is -2.30. The number of nitrogen functional groups attached to an aromatic ring is 1. The fraction of sp³-hybridized carbons (Fsp3) is 0.444. The highest BCUT2D eigenvalue weighted by Gasteiger charge is 2.07. The first-order valence-electron chi connectivity index (χ1n) is 8.40. The van der Waals surface area contributed by atoms with E-state index in [1.54, 1.807) is 6.08 Å².